The quantitative estimate of drug-likeness (QED) is 0.277. The van der Waals surface area contributed by atoms with Gasteiger partial charge in [-0.1, -0.05) is 46.3 Å². The maximum Gasteiger partial charge on any atom is 0.275 e. The van der Waals surface area contributed by atoms with Crippen molar-refractivity contribution in [1.29, 1.82) is 0 Å². The number of aromatic nitrogens is 1. The molecule has 1 heterocycles. The van der Waals surface area contributed by atoms with Gasteiger partial charge in [-0.2, -0.15) is 5.10 Å². The van der Waals surface area contributed by atoms with Gasteiger partial charge in [0.05, 0.1) is 18.9 Å². The molecule has 1 N–H and O–H groups in total. The van der Waals surface area contributed by atoms with Crippen LogP contribution in [0.15, 0.2) is 76.3 Å². The van der Waals surface area contributed by atoms with E-state index in [4.69, 9.17) is 4.74 Å². The van der Waals surface area contributed by atoms with Crippen LogP contribution in [0, 0.1) is 12.7 Å². The van der Waals surface area contributed by atoms with E-state index in [0.29, 0.717) is 17.9 Å². The molecule has 1 aromatic heterocycles. The average molecular weight is 494 g/mol. The summed E-state index contributed by atoms with van der Waals surface area (Å²) in [5, 5.41) is 5.23. The van der Waals surface area contributed by atoms with Crippen LogP contribution in [-0.4, -0.2) is 23.8 Å². The number of nitrogens with zero attached hydrogens (tertiary/aromatic N) is 2. The molecule has 4 rings (SSSR count). The van der Waals surface area contributed by atoms with Crippen LogP contribution in [0.1, 0.15) is 27.2 Å². The van der Waals surface area contributed by atoms with Crippen LogP contribution >= 0.6 is 15.9 Å². The third-order valence-electron chi connectivity index (χ3n) is 5.30. The van der Waals surface area contributed by atoms with E-state index in [1.165, 1.54) is 19.2 Å². The SMILES string of the molecule is COc1ccc(Br)cc1C(=O)N/N=C\c1c(C)n(Cc2ccc(F)cc2)c2ccccc12. The van der Waals surface area contributed by atoms with Crippen molar-refractivity contribution in [3.05, 3.63) is 99.4 Å². The fourth-order valence-corrected chi connectivity index (χ4v) is 4.03. The van der Waals surface area contributed by atoms with Crippen molar-refractivity contribution in [2.24, 2.45) is 5.10 Å². The van der Waals surface area contributed by atoms with Crippen molar-refractivity contribution in [3.8, 4) is 5.75 Å². The van der Waals surface area contributed by atoms with Gasteiger partial charge in [0.2, 0.25) is 0 Å². The van der Waals surface area contributed by atoms with E-state index in [9.17, 15) is 9.18 Å². The number of amides is 1. The molecule has 32 heavy (non-hydrogen) atoms. The number of fused-ring (bicyclic) bond motifs is 1. The Kier molecular flexibility index (Phi) is 6.37. The Labute approximate surface area is 193 Å². The highest BCUT2D eigenvalue weighted by molar-refractivity contribution is 9.10. The molecule has 162 valence electrons. The van der Waals surface area contributed by atoms with Gasteiger partial charge < -0.3 is 9.30 Å². The van der Waals surface area contributed by atoms with Crippen LogP contribution in [0.4, 0.5) is 4.39 Å². The molecule has 0 unspecified atom stereocenters. The number of ether oxygens (including phenoxy) is 1. The number of rotatable bonds is 6. The van der Waals surface area contributed by atoms with Crippen LogP contribution in [0.2, 0.25) is 0 Å². The maximum absolute atomic E-state index is 13.3. The summed E-state index contributed by atoms with van der Waals surface area (Å²) in [4.78, 5) is 12.6. The Morgan fingerprint density at radius 1 is 1.16 bits per heavy atom. The van der Waals surface area contributed by atoms with Crippen LogP contribution in [0.25, 0.3) is 10.9 Å². The second-order valence-corrected chi connectivity index (χ2v) is 8.19. The number of carbonyl (C=O) groups is 1. The Morgan fingerprint density at radius 2 is 1.91 bits per heavy atom. The van der Waals surface area contributed by atoms with Crippen molar-refractivity contribution < 1.29 is 13.9 Å². The number of methoxy groups -OCH3 is 1. The van der Waals surface area contributed by atoms with Crippen LogP contribution in [0.3, 0.4) is 0 Å². The minimum Gasteiger partial charge on any atom is -0.496 e. The molecule has 0 saturated heterocycles. The maximum atomic E-state index is 13.3. The third-order valence-corrected chi connectivity index (χ3v) is 5.79. The normalized spacial score (nSPS) is 11.2. The summed E-state index contributed by atoms with van der Waals surface area (Å²) >= 11 is 3.37. The summed E-state index contributed by atoms with van der Waals surface area (Å²) in [6.07, 6.45) is 1.65. The van der Waals surface area contributed by atoms with Crippen molar-refractivity contribution in [2.45, 2.75) is 13.5 Å². The summed E-state index contributed by atoms with van der Waals surface area (Å²) < 4.78 is 21.5. The zero-order chi connectivity index (χ0) is 22.7. The van der Waals surface area contributed by atoms with Crippen LogP contribution in [-0.2, 0) is 6.54 Å². The lowest BCUT2D eigenvalue weighted by molar-refractivity contribution is 0.0952. The molecule has 0 radical (unpaired) electrons. The summed E-state index contributed by atoms with van der Waals surface area (Å²) in [5.74, 6) is -0.159. The van der Waals surface area contributed by atoms with Crippen molar-refractivity contribution in [2.75, 3.05) is 7.11 Å². The number of hydrazone groups is 1. The lowest BCUT2D eigenvalue weighted by atomic mass is 10.1. The van der Waals surface area contributed by atoms with E-state index in [1.807, 2.05) is 31.2 Å². The lowest BCUT2D eigenvalue weighted by Gasteiger charge is -2.09. The second-order valence-electron chi connectivity index (χ2n) is 7.27. The molecule has 4 aromatic rings. The van der Waals surface area contributed by atoms with Gasteiger partial charge in [0.15, 0.2) is 0 Å². The molecule has 0 aliphatic rings. The minimum absolute atomic E-state index is 0.256. The van der Waals surface area contributed by atoms with Gasteiger partial charge in [0.1, 0.15) is 11.6 Å². The van der Waals surface area contributed by atoms with Crippen LogP contribution in [0.5, 0.6) is 5.75 Å². The first-order chi connectivity index (χ1) is 15.5. The first kappa shape index (κ1) is 21.8. The number of halogens is 2. The molecule has 5 nitrogen and oxygen atoms in total. The van der Waals surface area contributed by atoms with E-state index in [1.54, 1.807) is 36.5 Å². The predicted molar refractivity (Wildman–Crippen MR) is 128 cm³/mol. The van der Waals surface area contributed by atoms with Gasteiger partial charge in [-0.25, -0.2) is 9.82 Å². The Bertz CT molecular complexity index is 1310. The smallest absolute Gasteiger partial charge is 0.275 e. The number of hydrogen-bond acceptors (Lipinski definition) is 3. The van der Waals surface area contributed by atoms with E-state index in [2.05, 4.69) is 31.0 Å². The highest BCUT2D eigenvalue weighted by Crippen LogP contribution is 2.26. The third kappa shape index (κ3) is 4.43. The molecule has 0 aliphatic carbocycles. The van der Waals surface area contributed by atoms with Gasteiger partial charge in [0, 0.05) is 33.2 Å². The largest absolute Gasteiger partial charge is 0.496 e. The number of hydrogen-bond donors (Lipinski definition) is 1. The second kappa shape index (κ2) is 9.36. The highest BCUT2D eigenvalue weighted by atomic mass is 79.9. The molecule has 1 amide bonds. The average Bonchev–Trinajstić information content (AvgIpc) is 3.06. The molecule has 0 aliphatic heterocycles. The predicted octanol–water partition coefficient (Wildman–Crippen LogP) is 5.67. The zero-order valence-corrected chi connectivity index (χ0v) is 19.2. The molecule has 7 heteroatoms. The summed E-state index contributed by atoms with van der Waals surface area (Å²) in [7, 11) is 1.52. The zero-order valence-electron chi connectivity index (χ0n) is 17.6. The Morgan fingerprint density at radius 3 is 2.66 bits per heavy atom. The Hall–Kier alpha value is -3.45. The van der Waals surface area contributed by atoms with Gasteiger partial charge in [-0.3, -0.25) is 4.79 Å². The number of nitrogens with one attached hydrogen (secondary N) is 1. The molecule has 0 spiro atoms. The fraction of sp³-hybridized carbons (Fsp3) is 0.120. The van der Waals surface area contributed by atoms with E-state index >= 15 is 0 Å². The van der Waals surface area contributed by atoms with Gasteiger partial charge in [-0.05, 0) is 48.9 Å². The fourth-order valence-electron chi connectivity index (χ4n) is 3.67. The molecule has 0 saturated carbocycles. The molecule has 0 fully saturated rings. The minimum atomic E-state index is -0.368. The van der Waals surface area contributed by atoms with Gasteiger partial charge >= 0.3 is 0 Å². The number of benzene rings is 3. The van der Waals surface area contributed by atoms with E-state index in [0.717, 1.165) is 32.2 Å². The molecule has 3 aromatic carbocycles. The highest BCUT2D eigenvalue weighted by Gasteiger charge is 2.14. The Balaban J connectivity index is 1.63. The molecule has 0 bridgehead atoms. The van der Waals surface area contributed by atoms with E-state index < -0.39 is 0 Å². The standard InChI is InChI=1S/C25H21BrFN3O2/c1-16-22(14-28-29-25(31)21-13-18(26)9-12-24(21)32-2)20-5-3-4-6-23(20)30(16)15-17-7-10-19(27)11-8-17/h3-14H,15H2,1-2H3,(H,29,31)/b28-14-. The topological polar surface area (TPSA) is 55.6 Å². The van der Waals surface area contributed by atoms with Crippen LogP contribution < -0.4 is 10.2 Å². The first-order valence-electron chi connectivity index (χ1n) is 9.97. The lowest BCUT2D eigenvalue weighted by Crippen LogP contribution is -2.18. The summed E-state index contributed by atoms with van der Waals surface area (Å²) in [6, 6.07) is 19.7. The van der Waals surface area contributed by atoms with Crippen molar-refractivity contribution >= 4 is 39.0 Å². The number of carbonyl (C=O) groups excluding carboxylic acids is 1. The van der Waals surface area contributed by atoms with Crippen molar-refractivity contribution in [1.82, 2.24) is 9.99 Å². The molecule has 0 atom stereocenters. The first-order valence-corrected chi connectivity index (χ1v) is 10.8. The molecular weight excluding hydrogens is 473 g/mol. The molecular formula is C25H21BrFN3O2. The van der Waals surface area contributed by atoms with Gasteiger partial charge in [0.25, 0.3) is 5.91 Å². The van der Waals surface area contributed by atoms with Crippen molar-refractivity contribution in [3.63, 3.8) is 0 Å². The number of para-hydroxylation sites is 1. The summed E-state index contributed by atoms with van der Waals surface area (Å²) in [5.41, 5.74) is 6.90. The van der Waals surface area contributed by atoms with E-state index in [-0.39, 0.29) is 11.7 Å². The van der Waals surface area contributed by atoms with Gasteiger partial charge in [-0.15, -0.1) is 0 Å². The summed E-state index contributed by atoms with van der Waals surface area (Å²) in [6.45, 7) is 2.60. The monoisotopic (exact) mass is 493 g/mol.